The summed E-state index contributed by atoms with van der Waals surface area (Å²) in [6.07, 6.45) is 9.16. The SMILES string of the molecule is [CH2]CCCCCn1cccc1. The highest BCUT2D eigenvalue weighted by molar-refractivity contribution is 4.89. The highest BCUT2D eigenvalue weighted by atomic mass is 14.9. The van der Waals surface area contributed by atoms with Crippen molar-refractivity contribution in [2.75, 3.05) is 0 Å². The molecule has 0 aliphatic rings. The number of hydrogen-bond acceptors (Lipinski definition) is 0. The smallest absolute Gasteiger partial charge is 0.0219 e. The minimum absolute atomic E-state index is 1.08. The lowest BCUT2D eigenvalue weighted by molar-refractivity contribution is 0.592. The largest absolute Gasteiger partial charge is 0.354 e. The Hall–Kier alpha value is -0.720. The van der Waals surface area contributed by atoms with Gasteiger partial charge in [0.25, 0.3) is 0 Å². The van der Waals surface area contributed by atoms with Gasteiger partial charge in [0, 0.05) is 18.9 Å². The fourth-order valence-corrected chi connectivity index (χ4v) is 1.17. The standard InChI is InChI=1S/C10H16N/c1-2-3-4-5-8-11-9-6-7-10-11/h6-7,9-10H,1-5,8H2. The Kier molecular flexibility index (Phi) is 3.81. The predicted octanol–water partition coefficient (Wildman–Crippen LogP) is 2.88. The molecule has 0 aliphatic carbocycles. The second-order valence-corrected chi connectivity index (χ2v) is 2.84. The molecule has 0 N–H and O–H groups in total. The van der Waals surface area contributed by atoms with Crippen LogP contribution in [0.4, 0.5) is 0 Å². The van der Waals surface area contributed by atoms with E-state index in [1.807, 2.05) is 0 Å². The van der Waals surface area contributed by atoms with Crippen LogP contribution in [0.2, 0.25) is 0 Å². The van der Waals surface area contributed by atoms with E-state index in [0.717, 1.165) is 13.0 Å². The topological polar surface area (TPSA) is 4.93 Å². The van der Waals surface area contributed by atoms with Crippen LogP contribution in [0.25, 0.3) is 0 Å². The molecule has 0 unspecified atom stereocenters. The summed E-state index contributed by atoms with van der Waals surface area (Å²) in [6.45, 7) is 4.97. The van der Waals surface area contributed by atoms with Crippen molar-refractivity contribution in [3.8, 4) is 0 Å². The van der Waals surface area contributed by atoms with Crippen LogP contribution in [0.5, 0.6) is 0 Å². The van der Waals surface area contributed by atoms with Crippen LogP contribution < -0.4 is 0 Å². The minimum atomic E-state index is 1.08. The molecule has 0 aromatic carbocycles. The summed E-state index contributed by atoms with van der Waals surface area (Å²) in [6, 6.07) is 4.14. The van der Waals surface area contributed by atoms with E-state index < -0.39 is 0 Å². The highest BCUT2D eigenvalue weighted by Crippen LogP contribution is 2.01. The van der Waals surface area contributed by atoms with E-state index in [9.17, 15) is 0 Å². The summed E-state index contributed by atoms with van der Waals surface area (Å²) in [5.74, 6) is 0. The van der Waals surface area contributed by atoms with E-state index in [2.05, 4.69) is 36.0 Å². The summed E-state index contributed by atoms with van der Waals surface area (Å²) in [4.78, 5) is 0. The molecule has 1 radical (unpaired) electrons. The number of nitrogens with zero attached hydrogens (tertiary/aromatic N) is 1. The van der Waals surface area contributed by atoms with Gasteiger partial charge >= 0.3 is 0 Å². The maximum atomic E-state index is 3.81. The van der Waals surface area contributed by atoms with Crippen molar-refractivity contribution in [1.29, 1.82) is 0 Å². The Balaban J connectivity index is 2.04. The van der Waals surface area contributed by atoms with Crippen LogP contribution in [0.3, 0.4) is 0 Å². The monoisotopic (exact) mass is 150 g/mol. The molecule has 1 nitrogen and oxygen atoms in total. The van der Waals surface area contributed by atoms with Gasteiger partial charge < -0.3 is 4.57 Å². The Morgan fingerprint density at radius 2 is 1.73 bits per heavy atom. The maximum Gasteiger partial charge on any atom is 0.0219 e. The van der Waals surface area contributed by atoms with Crippen molar-refractivity contribution in [3.05, 3.63) is 31.5 Å². The van der Waals surface area contributed by atoms with Gasteiger partial charge in [0.15, 0.2) is 0 Å². The van der Waals surface area contributed by atoms with Crippen molar-refractivity contribution in [1.82, 2.24) is 4.57 Å². The number of unbranched alkanes of at least 4 members (excludes halogenated alkanes) is 3. The zero-order valence-electron chi connectivity index (χ0n) is 7.00. The van der Waals surface area contributed by atoms with Gasteiger partial charge in [0.2, 0.25) is 0 Å². The van der Waals surface area contributed by atoms with Crippen molar-refractivity contribution >= 4 is 0 Å². The molecule has 0 fully saturated rings. The maximum absolute atomic E-state index is 3.81. The third-order valence-corrected chi connectivity index (χ3v) is 1.83. The van der Waals surface area contributed by atoms with Gasteiger partial charge in [-0.25, -0.2) is 0 Å². The number of aryl methyl sites for hydroxylation is 1. The van der Waals surface area contributed by atoms with Crippen LogP contribution >= 0.6 is 0 Å². The Morgan fingerprint density at radius 3 is 2.36 bits per heavy atom. The van der Waals surface area contributed by atoms with Crippen LogP contribution in [0, 0.1) is 6.92 Å². The average Bonchev–Trinajstić information content (AvgIpc) is 2.50. The number of aromatic nitrogens is 1. The van der Waals surface area contributed by atoms with Gasteiger partial charge in [0.1, 0.15) is 0 Å². The van der Waals surface area contributed by atoms with Crippen molar-refractivity contribution in [2.24, 2.45) is 0 Å². The first-order valence-corrected chi connectivity index (χ1v) is 4.33. The third kappa shape index (κ3) is 3.26. The summed E-state index contributed by atoms with van der Waals surface area (Å²) < 4.78 is 2.23. The molecule has 0 saturated carbocycles. The molecule has 0 saturated heterocycles. The first-order valence-electron chi connectivity index (χ1n) is 4.33. The van der Waals surface area contributed by atoms with Gasteiger partial charge in [-0.3, -0.25) is 0 Å². The lowest BCUT2D eigenvalue weighted by Crippen LogP contribution is -1.93. The van der Waals surface area contributed by atoms with E-state index in [1.54, 1.807) is 0 Å². The molecule has 0 bridgehead atoms. The molecule has 1 rings (SSSR count). The summed E-state index contributed by atoms with van der Waals surface area (Å²) in [5, 5.41) is 0. The second kappa shape index (κ2) is 5.00. The number of hydrogen-bond donors (Lipinski definition) is 0. The van der Waals surface area contributed by atoms with Gasteiger partial charge in [0.05, 0.1) is 0 Å². The molecule has 0 aliphatic heterocycles. The molecular formula is C10H16N. The lowest BCUT2D eigenvalue weighted by Gasteiger charge is -2.00. The van der Waals surface area contributed by atoms with Crippen LogP contribution in [-0.4, -0.2) is 4.57 Å². The third-order valence-electron chi connectivity index (χ3n) is 1.83. The molecule has 0 spiro atoms. The Bertz CT molecular complexity index is 165. The first-order chi connectivity index (χ1) is 5.43. The zero-order chi connectivity index (χ0) is 7.94. The van der Waals surface area contributed by atoms with Gasteiger partial charge in [-0.05, 0) is 18.6 Å². The Morgan fingerprint density at radius 1 is 1.00 bits per heavy atom. The van der Waals surface area contributed by atoms with Gasteiger partial charge in [-0.15, -0.1) is 0 Å². The quantitative estimate of drug-likeness (QED) is 0.569. The summed E-state index contributed by atoms with van der Waals surface area (Å²) in [5.41, 5.74) is 0. The normalized spacial score (nSPS) is 10.3. The van der Waals surface area contributed by atoms with Gasteiger partial charge in [-0.1, -0.05) is 26.2 Å². The molecule has 1 aromatic heterocycles. The highest BCUT2D eigenvalue weighted by Gasteiger charge is 1.88. The molecule has 0 amide bonds. The first kappa shape index (κ1) is 8.38. The van der Waals surface area contributed by atoms with Crippen LogP contribution in [0.15, 0.2) is 24.5 Å². The summed E-state index contributed by atoms with van der Waals surface area (Å²) >= 11 is 0. The molecule has 1 heteroatoms. The fraction of sp³-hybridized carbons (Fsp3) is 0.500. The van der Waals surface area contributed by atoms with Gasteiger partial charge in [-0.2, -0.15) is 0 Å². The fourth-order valence-electron chi connectivity index (χ4n) is 1.17. The van der Waals surface area contributed by atoms with E-state index in [1.165, 1.54) is 19.3 Å². The van der Waals surface area contributed by atoms with Crippen molar-refractivity contribution in [3.63, 3.8) is 0 Å². The number of rotatable bonds is 5. The second-order valence-electron chi connectivity index (χ2n) is 2.84. The zero-order valence-corrected chi connectivity index (χ0v) is 7.00. The average molecular weight is 150 g/mol. The molecule has 11 heavy (non-hydrogen) atoms. The molecule has 0 atom stereocenters. The van der Waals surface area contributed by atoms with Crippen LogP contribution in [-0.2, 0) is 6.54 Å². The summed E-state index contributed by atoms with van der Waals surface area (Å²) in [7, 11) is 0. The predicted molar refractivity (Wildman–Crippen MR) is 48.3 cm³/mol. The minimum Gasteiger partial charge on any atom is -0.354 e. The van der Waals surface area contributed by atoms with Crippen LogP contribution in [0.1, 0.15) is 25.7 Å². The van der Waals surface area contributed by atoms with Crippen molar-refractivity contribution in [2.45, 2.75) is 32.2 Å². The lowest BCUT2D eigenvalue weighted by atomic mass is 10.2. The molecular weight excluding hydrogens is 134 g/mol. The van der Waals surface area contributed by atoms with E-state index in [-0.39, 0.29) is 0 Å². The van der Waals surface area contributed by atoms with E-state index in [4.69, 9.17) is 0 Å². The van der Waals surface area contributed by atoms with Crippen molar-refractivity contribution < 1.29 is 0 Å². The van der Waals surface area contributed by atoms with E-state index in [0.29, 0.717) is 0 Å². The Labute approximate surface area is 69.0 Å². The molecule has 1 heterocycles. The molecule has 61 valence electrons. The van der Waals surface area contributed by atoms with E-state index >= 15 is 0 Å². The molecule has 1 aromatic rings.